The van der Waals surface area contributed by atoms with Crippen molar-refractivity contribution in [3.05, 3.63) is 23.8 Å². The number of nitrogens with two attached hydrogens (primary N) is 1. The smallest absolute Gasteiger partial charge is 0.160 e. The highest BCUT2D eigenvalue weighted by molar-refractivity contribution is 5.41. The second-order valence-corrected chi connectivity index (χ2v) is 4.63. The van der Waals surface area contributed by atoms with Crippen molar-refractivity contribution in [3.63, 3.8) is 0 Å². The molecule has 1 aromatic rings. The fraction of sp³-hybridized carbons (Fsp3) is 0.538. The molecule has 0 aromatic heterocycles. The minimum absolute atomic E-state index is 0.208. The highest BCUT2D eigenvalue weighted by Crippen LogP contribution is 2.27. The van der Waals surface area contributed by atoms with Gasteiger partial charge in [-0.25, -0.2) is 0 Å². The van der Waals surface area contributed by atoms with Gasteiger partial charge in [0.05, 0.1) is 7.11 Å². The molecule has 4 heteroatoms. The summed E-state index contributed by atoms with van der Waals surface area (Å²) in [5, 5.41) is 9.70. The van der Waals surface area contributed by atoms with E-state index in [1.165, 1.54) is 6.42 Å². The lowest BCUT2D eigenvalue weighted by atomic mass is 10.1. The van der Waals surface area contributed by atoms with E-state index in [9.17, 15) is 5.11 Å². The molecule has 4 nitrogen and oxygen atoms in total. The number of phenols is 1. The van der Waals surface area contributed by atoms with Gasteiger partial charge in [0.2, 0.25) is 0 Å². The average Bonchev–Trinajstić information content (AvgIpc) is 2.77. The summed E-state index contributed by atoms with van der Waals surface area (Å²) in [5.74, 6) is 1.36. The van der Waals surface area contributed by atoms with Crippen molar-refractivity contribution in [2.45, 2.75) is 13.0 Å². The average molecular weight is 236 g/mol. The van der Waals surface area contributed by atoms with E-state index in [0.717, 1.165) is 31.7 Å². The molecule has 17 heavy (non-hydrogen) atoms. The van der Waals surface area contributed by atoms with Crippen LogP contribution in [-0.2, 0) is 6.54 Å². The Morgan fingerprint density at radius 3 is 2.94 bits per heavy atom. The zero-order valence-electron chi connectivity index (χ0n) is 10.2. The van der Waals surface area contributed by atoms with Crippen LogP contribution in [0.5, 0.6) is 11.5 Å². The number of hydrogen-bond donors (Lipinski definition) is 2. The Morgan fingerprint density at radius 1 is 1.53 bits per heavy atom. The molecule has 1 aliphatic rings. The zero-order valence-corrected chi connectivity index (χ0v) is 10.2. The summed E-state index contributed by atoms with van der Waals surface area (Å²) < 4.78 is 5.02. The molecule has 1 fully saturated rings. The third-order valence-corrected chi connectivity index (χ3v) is 3.35. The van der Waals surface area contributed by atoms with Crippen molar-refractivity contribution >= 4 is 0 Å². The molecule has 0 amide bonds. The largest absolute Gasteiger partial charge is 0.504 e. The van der Waals surface area contributed by atoms with E-state index in [-0.39, 0.29) is 5.75 Å². The van der Waals surface area contributed by atoms with Gasteiger partial charge in [-0.1, -0.05) is 6.07 Å². The molecule has 1 heterocycles. The minimum atomic E-state index is 0.208. The van der Waals surface area contributed by atoms with Crippen LogP contribution in [0.2, 0.25) is 0 Å². The molecule has 0 bridgehead atoms. The fourth-order valence-electron chi connectivity index (χ4n) is 2.34. The van der Waals surface area contributed by atoms with E-state index >= 15 is 0 Å². The topological polar surface area (TPSA) is 58.7 Å². The monoisotopic (exact) mass is 236 g/mol. The molecule has 0 spiro atoms. The molecule has 0 saturated carbocycles. The summed E-state index contributed by atoms with van der Waals surface area (Å²) in [4.78, 5) is 2.37. The summed E-state index contributed by atoms with van der Waals surface area (Å²) in [6.45, 7) is 3.79. The molecular weight excluding hydrogens is 216 g/mol. The highest BCUT2D eigenvalue weighted by atomic mass is 16.5. The Hall–Kier alpha value is -1.26. The number of likely N-dealkylation sites (tertiary alicyclic amines) is 1. The van der Waals surface area contributed by atoms with E-state index in [2.05, 4.69) is 4.90 Å². The Balaban J connectivity index is 1.97. The van der Waals surface area contributed by atoms with Crippen LogP contribution in [0.25, 0.3) is 0 Å². The quantitative estimate of drug-likeness (QED) is 0.824. The van der Waals surface area contributed by atoms with Crippen LogP contribution in [0.3, 0.4) is 0 Å². The Labute approximate surface area is 102 Å². The van der Waals surface area contributed by atoms with Gasteiger partial charge in [0.25, 0.3) is 0 Å². The number of nitrogens with zero attached hydrogens (tertiary/aromatic N) is 1. The van der Waals surface area contributed by atoms with Gasteiger partial charge in [-0.05, 0) is 43.1 Å². The first-order valence-corrected chi connectivity index (χ1v) is 6.01. The molecule has 1 atom stereocenters. The molecular formula is C13H20N2O2. The number of hydrogen-bond acceptors (Lipinski definition) is 4. The molecule has 1 aliphatic heterocycles. The number of aromatic hydroxyl groups is 1. The van der Waals surface area contributed by atoms with E-state index in [4.69, 9.17) is 10.5 Å². The van der Waals surface area contributed by atoms with Crippen molar-refractivity contribution in [1.82, 2.24) is 4.90 Å². The van der Waals surface area contributed by atoms with Crippen LogP contribution in [0.4, 0.5) is 0 Å². The van der Waals surface area contributed by atoms with Gasteiger partial charge < -0.3 is 15.6 Å². The van der Waals surface area contributed by atoms with Crippen molar-refractivity contribution in [1.29, 1.82) is 0 Å². The number of methoxy groups -OCH3 is 1. The molecule has 2 rings (SSSR count). The van der Waals surface area contributed by atoms with Gasteiger partial charge in [-0.15, -0.1) is 0 Å². The van der Waals surface area contributed by atoms with E-state index in [1.54, 1.807) is 19.2 Å². The number of benzene rings is 1. The van der Waals surface area contributed by atoms with Crippen molar-refractivity contribution in [2.24, 2.45) is 11.7 Å². The van der Waals surface area contributed by atoms with Crippen LogP contribution in [-0.4, -0.2) is 36.8 Å². The second kappa shape index (κ2) is 5.38. The van der Waals surface area contributed by atoms with Crippen LogP contribution >= 0.6 is 0 Å². The molecule has 1 saturated heterocycles. The van der Waals surface area contributed by atoms with E-state index in [0.29, 0.717) is 11.7 Å². The molecule has 1 unspecified atom stereocenters. The maximum Gasteiger partial charge on any atom is 0.160 e. The van der Waals surface area contributed by atoms with Gasteiger partial charge in [0.1, 0.15) is 0 Å². The Morgan fingerprint density at radius 2 is 2.35 bits per heavy atom. The standard InChI is InChI=1S/C13H20N2O2/c1-17-13-3-2-10(6-12(13)16)8-15-5-4-11(7-14)9-15/h2-3,6,11,16H,4-5,7-9,14H2,1H3. The van der Waals surface area contributed by atoms with Gasteiger partial charge in [0, 0.05) is 13.1 Å². The summed E-state index contributed by atoms with van der Waals surface area (Å²) in [7, 11) is 1.56. The SMILES string of the molecule is COc1ccc(CN2CCC(CN)C2)cc1O. The first kappa shape index (κ1) is 12.2. The fourth-order valence-corrected chi connectivity index (χ4v) is 2.34. The van der Waals surface area contributed by atoms with Gasteiger partial charge >= 0.3 is 0 Å². The number of ether oxygens (including phenoxy) is 1. The zero-order chi connectivity index (χ0) is 12.3. The van der Waals surface area contributed by atoms with Crippen molar-refractivity contribution in [3.8, 4) is 11.5 Å². The van der Waals surface area contributed by atoms with Crippen LogP contribution in [0.1, 0.15) is 12.0 Å². The Bertz CT molecular complexity index is 382. The van der Waals surface area contributed by atoms with Crippen LogP contribution in [0, 0.1) is 5.92 Å². The summed E-state index contributed by atoms with van der Waals surface area (Å²) in [6.07, 6.45) is 1.18. The number of phenolic OH excluding ortho intramolecular Hbond substituents is 1. The summed E-state index contributed by atoms with van der Waals surface area (Å²) in [5.41, 5.74) is 6.78. The van der Waals surface area contributed by atoms with Gasteiger partial charge in [-0.2, -0.15) is 0 Å². The first-order chi connectivity index (χ1) is 8.22. The van der Waals surface area contributed by atoms with Gasteiger partial charge in [-0.3, -0.25) is 4.90 Å². The third kappa shape index (κ3) is 2.90. The van der Waals surface area contributed by atoms with Crippen LogP contribution in [0.15, 0.2) is 18.2 Å². The molecule has 0 aliphatic carbocycles. The minimum Gasteiger partial charge on any atom is -0.504 e. The molecule has 3 N–H and O–H groups in total. The normalized spacial score (nSPS) is 20.7. The van der Waals surface area contributed by atoms with Crippen molar-refractivity contribution < 1.29 is 9.84 Å². The predicted molar refractivity (Wildman–Crippen MR) is 67.1 cm³/mol. The van der Waals surface area contributed by atoms with Crippen LogP contribution < -0.4 is 10.5 Å². The van der Waals surface area contributed by atoms with E-state index < -0.39 is 0 Å². The lowest BCUT2D eigenvalue weighted by Gasteiger charge is -2.16. The lowest BCUT2D eigenvalue weighted by molar-refractivity contribution is 0.316. The van der Waals surface area contributed by atoms with E-state index in [1.807, 2.05) is 6.07 Å². The highest BCUT2D eigenvalue weighted by Gasteiger charge is 2.21. The van der Waals surface area contributed by atoms with Crippen molar-refractivity contribution in [2.75, 3.05) is 26.7 Å². The first-order valence-electron chi connectivity index (χ1n) is 6.01. The second-order valence-electron chi connectivity index (χ2n) is 4.63. The number of rotatable bonds is 4. The molecule has 1 aromatic carbocycles. The maximum absolute atomic E-state index is 9.70. The maximum atomic E-state index is 9.70. The summed E-state index contributed by atoms with van der Waals surface area (Å²) >= 11 is 0. The predicted octanol–water partition coefficient (Wildman–Crippen LogP) is 1.18. The van der Waals surface area contributed by atoms with Gasteiger partial charge in [0.15, 0.2) is 11.5 Å². The third-order valence-electron chi connectivity index (χ3n) is 3.35. The molecule has 94 valence electrons. The molecule has 0 radical (unpaired) electrons. The summed E-state index contributed by atoms with van der Waals surface area (Å²) in [6, 6.07) is 5.57. The lowest BCUT2D eigenvalue weighted by Crippen LogP contribution is -2.22. The Kier molecular flexibility index (Phi) is 3.86.